The van der Waals surface area contributed by atoms with Crippen LogP contribution < -0.4 is 15.1 Å². The van der Waals surface area contributed by atoms with Gasteiger partial charge in [-0.15, -0.1) is 0 Å². The molecule has 1 N–H and O–H groups in total. The summed E-state index contributed by atoms with van der Waals surface area (Å²) in [4.78, 5) is 22.2. The average molecular weight is 664 g/mol. The van der Waals surface area contributed by atoms with Crippen molar-refractivity contribution in [2.24, 2.45) is 0 Å². The van der Waals surface area contributed by atoms with Crippen molar-refractivity contribution in [1.29, 1.82) is 0 Å². The lowest BCUT2D eigenvalue weighted by atomic mass is 10.1. The van der Waals surface area contributed by atoms with E-state index in [0.29, 0.717) is 5.75 Å². The van der Waals surface area contributed by atoms with E-state index in [0.717, 1.165) is 44.5 Å². The molecule has 8 rings (SSSR count). The molecule has 0 fully saturated rings. The molecule has 6 aromatic carbocycles. The van der Waals surface area contributed by atoms with Crippen LogP contribution in [0.1, 0.15) is 11.1 Å². The zero-order valence-electron chi connectivity index (χ0n) is 25.2. The molecule has 228 valence electrons. The minimum absolute atomic E-state index is 0.168. The summed E-state index contributed by atoms with van der Waals surface area (Å²) < 4.78 is 0. The number of rotatable bonds is 6. The second-order valence-corrected chi connectivity index (χ2v) is 13.7. The lowest BCUT2D eigenvalue weighted by Crippen LogP contribution is -2.16. The van der Waals surface area contributed by atoms with E-state index in [1.807, 2.05) is 42.1 Å². The highest BCUT2D eigenvalue weighted by atomic mass is 32.2. The number of para-hydroxylation sites is 3. The van der Waals surface area contributed by atoms with Crippen molar-refractivity contribution in [1.82, 2.24) is 0 Å². The Kier molecular flexibility index (Phi) is 8.03. The zero-order valence-corrected chi connectivity index (χ0v) is 27.7. The van der Waals surface area contributed by atoms with Crippen LogP contribution >= 0.6 is 36.2 Å². The molecular weight excluding hydrogens is 635 g/mol. The third kappa shape index (κ3) is 5.82. The van der Waals surface area contributed by atoms with Gasteiger partial charge in [0.05, 0.1) is 22.7 Å². The molecule has 7 heteroatoms. The van der Waals surface area contributed by atoms with Crippen molar-refractivity contribution in [2.75, 3.05) is 15.1 Å². The Morgan fingerprint density at radius 3 is 1.62 bits per heavy atom. The first kappa shape index (κ1) is 29.6. The molecule has 0 saturated carbocycles. The van der Waals surface area contributed by atoms with Crippen LogP contribution in [0.4, 0.5) is 39.8 Å². The second kappa shape index (κ2) is 12.8. The summed E-state index contributed by atoms with van der Waals surface area (Å²) in [6.45, 7) is 0. The summed E-state index contributed by atoms with van der Waals surface area (Å²) in [6.07, 6.45) is 3.45. The number of thiol groups is 1. The minimum atomic E-state index is -0.168. The van der Waals surface area contributed by atoms with Crippen molar-refractivity contribution >= 4 is 87.9 Å². The van der Waals surface area contributed by atoms with Crippen molar-refractivity contribution in [2.45, 2.75) is 25.3 Å². The van der Waals surface area contributed by atoms with Gasteiger partial charge in [0, 0.05) is 48.5 Å². The van der Waals surface area contributed by atoms with E-state index in [1.54, 1.807) is 17.8 Å². The lowest BCUT2D eigenvalue weighted by Gasteiger charge is -2.35. The fraction of sp³-hybridized carbons (Fsp3) is 0.0250. The van der Waals surface area contributed by atoms with Crippen LogP contribution in [-0.4, -0.2) is 5.91 Å². The van der Waals surface area contributed by atoms with E-state index in [-0.39, 0.29) is 5.91 Å². The number of nitrogens with one attached hydrogen (secondary N) is 1. The van der Waals surface area contributed by atoms with Gasteiger partial charge in [-0.05, 0) is 102 Å². The molecule has 47 heavy (non-hydrogen) atoms. The summed E-state index contributed by atoms with van der Waals surface area (Å²) in [5.41, 5.74) is 9.67. The van der Waals surface area contributed by atoms with E-state index in [9.17, 15) is 4.79 Å². The molecule has 6 aromatic rings. The predicted octanol–water partition coefficient (Wildman–Crippen LogP) is 11.6. The van der Waals surface area contributed by atoms with Crippen LogP contribution in [0.25, 0.3) is 6.08 Å². The van der Waals surface area contributed by atoms with Crippen LogP contribution in [-0.2, 0) is 10.5 Å². The van der Waals surface area contributed by atoms with E-state index < -0.39 is 0 Å². The standard InChI is InChI=1S/C40H29N3OS3/c44-40(41-29-17-13-28(26-45)14-18-29)24-16-27-15-23-35-39(25-27)47-38-12-6-3-9-34(38)43(35)31-21-19-30(20-22-31)42-32-7-1-4-10-36(32)46-37-11-5-2-8-33(37)42/h1-25,45H,26H2,(H,41,44)/b24-16+. The molecule has 0 aromatic heterocycles. The van der Waals surface area contributed by atoms with Crippen LogP contribution in [0.5, 0.6) is 0 Å². The highest BCUT2D eigenvalue weighted by Crippen LogP contribution is 2.53. The molecule has 1 amide bonds. The van der Waals surface area contributed by atoms with Crippen LogP contribution in [0.3, 0.4) is 0 Å². The molecule has 0 radical (unpaired) electrons. The molecule has 2 heterocycles. The molecule has 4 nitrogen and oxygen atoms in total. The van der Waals surface area contributed by atoms with Crippen LogP contribution in [0, 0.1) is 0 Å². The Bertz CT molecular complexity index is 2100. The molecule has 0 saturated heterocycles. The first-order valence-corrected chi connectivity index (χ1v) is 17.6. The smallest absolute Gasteiger partial charge is 0.248 e. The monoisotopic (exact) mass is 663 g/mol. The highest BCUT2D eigenvalue weighted by Gasteiger charge is 2.27. The van der Waals surface area contributed by atoms with Gasteiger partial charge in [-0.2, -0.15) is 12.6 Å². The summed E-state index contributed by atoms with van der Waals surface area (Å²) in [6, 6.07) is 48.6. The Hall–Kier alpha value is -4.82. The van der Waals surface area contributed by atoms with Gasteiger partial charge in [0.1, 0.15) is 0 Å². The van der Waals surface area contributed by atoms with E-state index in [4.69, 9.17) is 0 Å². The maximum absolute atomic E-state index is 12.7. The number of carbonyl (C=O) groups excluding carboxylic acids is 1. The first-order chi connectivity index (χ1) is 23.1. The van der Waals surface area contributed by atoms with Crippen molar-refractivity contribution in [3.05, 3.63) is 157 Å². The third-order valence-corrected chi connectivity index (χ3v) is 10.8. The van der Waals surface area contributed by atoms with Crippen LogP contribution in [0.2, 0.25) is 0 Å². The number of hydrogen-bond donors (Lipinski definition) is 2. The van der Waals surface area contributed by atoms with Gasteiger partial charge >= 0.3 is 0 Å². The fourth-order valence-electron chi connectivity index (χ4n) is 5.94. The van der Waals surface area contributed by atoms with Gasteiger partial charge in [0.2, 0.25) is 5.91 Å². The van der Waals surface area contributed by atoms with E-state index >= 15 is 0 Å². The number of benzene rings is 6. The largest absolute Gasteiger partial charge is 0.323 e. The molecule has 0 aliphatic carbocycles. The number of nitrogens with zero attached hydrogens (tertiary/aromatic N) is 2. The first-order valence-electron chi connectivity index (χ1n) is 15.3. The summed E-state index contributed by atoms with van der Waals surface area (Å²) in [5.74, 6) is 0.498. The molecule has 0 spiro atoms. The van der Waals surface area contributed by atoms with Gasteiger partial charge in [-0.1, -0.05) is 78.1 Å². The molecule has 0 bridgehead atoms. The number of fused-ring (bicyclic) bond motifs is 4. The number of hydrogen-bond acceptors (Lipinski definition) is 6. The topological polar surface area (TPSA) is 35.6 Å². The van der Waals surface area contributed by atoms with Gasteiger partial charge in [0.15, 0.2) is 0 Å². The molecule has 2 aliphatic rings. The number of amides is 1. The van der Waals surface area contributed by atoms with E-state index in [2.05, 4.69) is 143 Å². The summed E-state index contributed by atoms with van der Waals surface area (Å²) >= 11 is 7.87. The van der Waals surface area contributed by atoms with Crippen molar-refractivity contribution < 1.29 is 4.79 Å². The van der Waals surface area contributed by atoms with Crippen LogP contribution in [0.15, 0.2) is 165 Å². The number of carbonyl (C=O) groups is 1. The Balaban J connectivity index is 1.09. The Labute approximate surface area is 288 Å². The second-order valence-electron chi connectivity index (χ2n) is 11.2. The quantitative estimate of drug-likeness (QED) is 0.137. The lowest BCUT2D eigenvalue weighted by molar-refractivity contribution is -0.111. The molecule has 0 unspecified atom stereocenters. The molecular formula is C40H29N3OS3. The van der Waals surface area contributed by atoms with Gasteiger partial charge in [-0.3, -0.25) is 4.79 Å². The average Bonchev–Trinajstić information content (AvgIpc) is 3.12. The zero-order chi connectivity index (χ0) is 31.7. The number of anilines is 7. The summed E-state index contributed by atoms with van der Waals surface area (Å²) in [5, 5.41) is 2.94. The molecule has 2 aliphatic heterocycles. The predicted molar refractivity (Wildman–Crippen MR) is 201 cm³/mol. The van der Waals surface area contributed by atoms with Gasteiger partial charge in [0.25, 0.3) is 0 Å². The third-order valence-electron chi connectivity index (χ3n) is 8.18. The van der Waals surface area contributed by atoms with E-state index in [1.165, 1.54) is 26.1 Å². The minimum Gasteiger partial charge on any atom is -0.323 e. The maximum atomic E-state index is 12.7. The SMILES string of the molecule is O=C(/C=C/c1ccc2c(c1)Sc1ccccc1N2c1ccc(N2c3ccccc3Sc3ccccc32)cc1)Nc1ccc(CS)cc1. The Morgan fingerprint density at radius 1 is 0.596 bits per heavy atom. The molecule has 0 atom stereocenters. The highest BCUT2D eigenvalue weighted by molar-refractivity contribution is 8.00. The normalized spacial score (nSPS) is 13.0. The van der Waals surface area contributed by atoms with Crippen molar-refractivity contribution in [3.8, 4) is 0 Å². The fourth-order valence-corrected chi connectivity index (χ4v) is 8.31. The Morgan fingerprint density at radius 2 is 1.09 bits per heavy atom. The maximum Gasteiger partial charge on any atom is 0.248 e. The summed E-state index contributed by atoms with van der Waals surface area (Å²) in [7, 11) is 0. The van der Waals surface area contributed by atoms with Crippen molar-refractivity contribution in [3.63, 3.8) is 0 Å². The van der Waals surface area contributed by atoms with Gasteiger partial charge < -0.3 is 15.1 Å². The van der Waals surface area contributed by atoms with Gasteiger partial charge in [-0.25, -0.2) is 0 Å².